The Morgan fingerprint density at radius 1 is 0.880 bits per heavy atom. The van der Waals surface area contributed by atoms with Gasteiger partial charge in [0.2, 0.25) is 11.8 Å². The molecule has 50 heavy (non-hydrogen) atoms. The van der Waals surface area contributed by atoms with Crippen molar-refractivity contribution in [2.24, 2.45) is 0 Å². The first kappa shape index (κ1) is 35.2. The molecule has 0 saturated carbocycles. The van der Waals surface area contributed by atoms with Gasteiger partial charge in [0.1, 0.15) is 5.82 Å². The summed E-state index contributed by atoms with van der Waals surface area (Å²) in [4.78, 5) is 65.7. The zero-order chi connectivity index (χ0) is 35.6. The highest BCUT2D eigenvalue weighted by molar-refractivity contribution is 5.97. The number of nitrogens with one attached hydrogen (secondary N) is 3. The second kappa shape index (κ2) is 16.3. The van der Waals surface area contributed by atoms with Gasteiger partial charge in [0.15, 0.2) is 0 Å². The molecule has 5 amide bonds. The number of rotatable bonds is 13. The fourth-order valence-electron chi connectivity index (χ4n) is 5.23. The van der Waals surface area contributed by atoms with E-state index in [4.69, 9.17) is 0 Å². The molecule has 2 aromatic carbocycles. The zero-order valence-electron chi connectivity index (χ0n) is 28.6. The Hall–Kier alpha value is -6.08. The van der Waals surface area contributed by atoms with Crippen molar-refractivity contribution in [1.82, 2.24) is 30.0 Å². The minimum absolute atomic E-state index is 0.0502. The van der Waals surface area contributed by atoms with Crippen molar-refractivity contribution < 1.29 is 19.2 Å². The van der Waals surface area contributed by atoms with Crippen LogP contribution in [0.3, 0.4) is 0 Å². The fourth-order valence-corrected chi connectivity index (χ4v) is 5.23. The minimum atomic E-state index is -0.351. The Labute approximate surface area is 291 Å². The molecule has 1 fully saturated rings. The molecule has 1 aliphatic heterocycles. The number of amides is 5. The van der Waals surface area contributed by atoms with Gasteiger partial charge < -0.3 is 30.7 Å². The molecule has 0 spiro atoms. The van der Waals surface area contributed by atoms with Gasteiger partial charge in [-0.15, -0.1) is 0 Å². The first-order chi connectivity index (χ1) is 24.0. The molecule has 0 unspecified atom stereocenters. The van der Waals surface area contributed by atoms with E-state index in [9.17, 15) is 19.2 Å². The Balaban J connectivity index is 1.14. The van der Waals surface area contributed by atoms with Crippen molar-refractivity contribution in [3.05, 3.63) is 109 Å². The second-order valence-corrected chi connectivity index (χ2v) is 12.3. The van der Waals surface area contributed by atoms with Crippen molar-refractivity contribution >= 4 is 46.6 Å². The van der Waals surface area contributed by atoms with Gasteiger partial charge >= 0.3 is 6.03 Å². The molecule has 1 aliphatic rings. The number of carbonyl (C=O) groups excluding carboxylic acids is 4. The Bertz CT molecular complexity index is 1860. The van der Waals surface area contributed by atoms with Crippen LogP contribution in [0.25, 0.3) is 11.1 Å². The van der Waals surface area contributed by atoms with E-state index in [0.717, 1.165) is 16.7 Å². The van der Waals surface area contributed by atoms with Crippen LogP contribution in [0.1, 0.15) is 15.9 Å². The second-order valence-electron chi connectivity index (χ2n) is 12.3. The lowest BCUT2D eigenvalue weighted by molar-refractivity contribution is -0.121. The van der Waals surface area contributed by atoms with Gasteiger partial charge in [0.25, 0.3) is 5.91 Å². The number of nitrogens with zero attached hydrogens (tertiary/aromatic N) is 6. The van der Waals surface area contributed by atoms with Crippen molar-refractivity contribution in [2.75, 3.05) is 69.9 Å². The standard InChI is InChI=1S/C37H41N9O4/c1-43(2)16-6-9-34(47)40-24-35(48)42-30-8-5-7-26(19-30)25-45-17-18-46(37(45)50)32-20-31(22-38-23-32)41-33-15-14-29(21-39-33)27-10-12-28(13-11-27)36(49)44(3)4/h5-15,19-23H,16-18,24-25H2,1-4H3,(H,39,41)(H,40,47)(H,42,48). The number of anilines is 4. The van der Waals surface area contributed by atoms with E-state index in [1.54, 1.807) is 71.7 Å². The van der Waals surface area contributed by atoms with Crippen LogP contribution >= 0.6 is 0 Å². The molecule has 13 nitrogen and oxygen atoms in total. The van der Waals surface area contributed by atoms with Crippen molar-refractivity contribution in [2.45, 2.75) is 6.54 Å². The van der Waals surface area contributed by atoms with Crippen LogP contribution in [0.4, 0.5) is 27.7 Å². The number of hydrogen-bond donors (Lipinski definition) is 3. The highest BCUT2D eigenvalue weighted by atomic mass is 16.2. The number of urea groups is 1. The molecular weight excluding hydrogens is 634 g/mol. The van der Waals surface area contributed by atoms with Gasteiger partial charge in [0, 0.05) is 69.4 Å². The van der Waals surface area contributed by atoms with Crippen LogP contribution < -0.4 is 20.9 Å². The molecule has 1 saturated heterocycles. The molecule has 4 aromatic rings. The molecular formula is C37H41N9O4. The third kappa shape index (κ3) is 9.51. The summed E-state index contributed by atoms with van der Waals surface area (Å²) < 4.78 is 0. The average Bonchev–Trinajstić information content (AvgIpc) is 3.46. The average molecular weight is 676 g/mol. The van der Waals surface area contributed by atoms with E-state index in [1.165, 1.54) is 6.08 Å². The van der Waals surface area contributed by atoms with E-state index in [-0.39, 0.29) is 30.3 Å². The van der Waals surface area contributed by atoms with Crippen LogP contribution in [-0.4, -0.2) is 103 Å². The third-order valence-electron chi connectivity index (χ3n) is 7.78. The highest BCUT2D eigenvalue weighted by Gasteiger charge is 2.30. The predicted octanol–water partition coefficient (Wildman–Crippen LogP) is 4.20. The number of pyridine rings is 2. The summed E-state index contributed by atoms with van der Waals surface area (Å²) in [5, 5.41) is 8.63. The van der Waals surface area contributed by atoms with Crippen LogP contribution in [-0.2, 0) is 16.1 Å². The minimum Gasteiger partial charge on any atom is -0.345 e. The van der Waals surface area contributed by atoms with Crippen molar-refractivity contribution in [3.8, 4) is 11.1 Å². The highest BCUT2D eigenvalue weighted by Crippen LogP contribution is 2.26. The lowest BCUT2D eigenvalue weighted by atomic mass is 10.1. The van der Waals surface area contributed by atoms with E-state index in [2.05, 4.69) is 25.9 Å². The molecule has 3 N–H and O–H groups in total. The molecule has 0 aliphatic carbocycles. The Morgan fingerprint density at radius 3 is 2.38 bits per heavy atom. The summed E-state index contributed by atoms with van der Waals surface area (Å²) in [7, 11) is 7.24. The maximum absolute atomic E-state index is 13.4. The number of aromatic nitrogens is 2. The summed E-state index contributed by atoms with van der Waals surface area (Å²) in [6, 6.07) is 20.2. The third-order valence-corrected chi connectivity index (χ3v) is 7.78. The summed E-state index contributed by atoms with van der Waals surface area (Å²) in [5.41, 5.74) is 5.26. The number of hydrogen-bond acceptors (Lipinski definition) is 8. The molecule has 0 atom stereocenters. The maximum atomic E-state index is 13.4. The van der Waals surface area contributed by atoms with E-state index in [1.807, 2.05) is 67.5 Å². The normalized spacial score (nSPS) is 12.8. The first-order valence-corrected chi connectivity index (χ1v) is 16.1. The van der Waals surface area contributed by atoms with Crippen LogP contribution in [0.15, 0.2) is 97.5 Å². The lowest BCUT2D eigenvalue weighted by Gasteiger charge is -2.19. The van der Waals surface area contributed by atoms with Crippen LogP contribution in [0.2, 0.25) is 0 Å². The van der Waals surface area contributed by atoms with E-state index < -0.39 is 0 Å². The molecule has 13 heteroatoms. The monoisotopic (exact) mass is 675 g/mol. The van der Waals surface area contributed by atoms with Gasteiger partial charge in [-0.05, 0) is 67.7 Å². The van der Waals surface area contributed by atoms with Crippen molar-refractivity contribution in [3.63, 3.8) is 0 Å². The fraction of sp³-hybridized carbons (Fsp3) is 0.243. The topological polar surface area (TPSA) is 143 Å². The first-order valence-electron chi connectivity index (χ1n) is 16.1. The maximum Gasteiger partial charge on any atom is 0.324 e. The summed E-state index contributed by atoms with van der Waals surface area (Å²) in [6.45, 7) is 1.85. The number of carbonyl (C=O) groups is 4. The quantitative estimate of drug-likeness (QED) is 0.179. The molecule has 0 radical (unpaired) electrons. The lowest BCUT2D eigenvalue weighted by Crippen LogP contribution is -2.32. The molecule has 2 aromatic heterocycles. The molecule has 5 rings (SSSR count). The summed E-state index contributed by atoms with van der Waals surface area (Å²) >= 11 is 0. The van der Waals surface area contributed by atoms with Gasteiger partial charge in [0.05, 0.1) is 30.3 Å². The summed E-state index contributed by atoms with van der Waals surface area (Å²) in [5.74, 6) is -0.121. The summed E-state index contributed by atoms with van der Waals surface area (Å²) in [6.07, 6.45) is 8.21. The molecule has 3 heterocycles. The van der Waals surface area contributed by atoms with Crippen LogP contribution in [0.5, 0.6) is 0 Å². The SMILES string of the molecule is CN(C)CC=CC(=O)NCC(=O)Nc1cccc(CN2CCN(c3cncc(Nc4ccc(-c5ccc(C(=O)N(C)C)cc5)cn4)c3)C2=O)c1. The Kier molecular flexibility index (Phi) is 11.5. The van der Waals surface area contributed by atoms with Gasteiger partial charge in [-0.2, -0.15) is 0 Å². The number of benzene rings is 2. The largest absolute Gasteiger partial charge is 0.345 e. The Morgan fingerprint density at radius 2 is 1.66 bits per heavy atom. The molecule has 0 bridgehead atoms. The predicted molar refractivity (Wildman–Crippen MR) is 194 cm³/mol. The number of likely N-dealkylation sites (N-methyl/N-ethyl adjacent to an activating group) is 1. The van der Waals surface area contributed by atoms with Crippen LogP contribution in [0, 0.1) is 0 Å². The molecule has 258 valence electrons. The van der Waals surface area contributed by atoms with Crippen molar-refractivity contribution in [1.29, 1.82) is 0 Å². The zero-order valence-corrected chi connectivity index (χ0v) is 28.6. The van der Waals surface area contributed by atoms with Gasteiger partial charge in [-0.25, -0.2) is 9.78 Å². The van der Waals surface area contributed by atoms with E-state index >= 15 is 0 Å². The smallest absolute Gasteiger partial charge is 0.324 e. The van der Waals surface area contributed by atoms with Gasteiger partial charge in [-0.1, -0.05) is 30.3 Å². The van der Waals surface area contributed by atoms with E-state index in [0.29, 0.717) is 54.6 Å². The van der Waals surface area contributed by atoms with Gasteiger partial charge in [-0.3, -0.25) is 24.3 Å².